The van der Waals surface area contributed by atoms with Gasteiger partial charge in [-0.05, 0) is 0 Å². The molecule has 0 amide bonds. The SMILES string of the molecule is COP1(OC)(OC)OC2(CCCC2)C(C)(C(C)=O)O1. The Morgan fingerprint density at radius 3 is 1.89 bits per heavy atom. The Bertz CT molecular complexity index is 377. The van der Waals surface area contributed by atoms with E-state index in [2.05, 4.69) is 0 Å². The summed E-state index contributed by atoms with van der Waals surface area (Å²) in [5.41, 5.74) is -1.83. The van der Waals surface area contributed by atoms with Gasteiger partial charge in [0.1, 0.15) is 0 Å². The fourth-order valence-electron chi connectivity index (χ4n) is 3.12. The first-order valence-corrected chi connectivity index (χ1v) is 8.28. The molecule has 1 saturated heterocycles. The van der Waals surface area contributed by atoms with Crippen LogP contribution in [0.1, 0.15) is 39.5 Å². The van der Waals surface area contributed by atoms with E-state index in [-0.39, 0.29) is 5.78 Å². The van der Waals surface area contributed by atoms with E-state index < -0.39 is 18.9 Å². The third-order valence-corrected chi connectivity index (χ3v) is 7.60. The van der Waals surface area contributed by atoms with Crippen molar-refractivity contribution >= 4 is 13.5 Å². The molecule has 1 unspecified atom stereocenters. The molecular weight excluding hydrogens is 271 g/mol. The van der Waals surface area contributed by atoms with Crippen molar-refractivity contribution in [2.75, 3.05) is 21.3 Å². The van der Waals surface area contributed by atoms with E-state index in [4.69, 9.17) is 22.6 Å². The van der Waals surface area contributed by atoms with E-state index in [0.29, 0.717) is 0 Å². The zero-order valence-corrected chi connectivity index (χ0v) is 13.1. The van der Waals surface area contributed by atoms with Crippen molar-refractivity contribution in [1.29, 1.82) is 0 Å². The van der Waals surface area contributed by atoms with E-state index in [9.17, 15) is 4.79 Å². The molecular formula is C12H23O6P. The van der Waals surface area contributed by atoms with Crippen LogP contribution in [0.4, 0.5) is 0 Å². The number of rotatable bonds is 4. The maximum atomic E-state index is 12.2. The average Bonchev–Trinajstić information content (AvgIpc) is 2.96. The van der Waals surface area contributed by atoms with Gasteiger partial charge in [-0.15, -0.1) is 0 Å². The first-order valence-electron chi connectivity index (χ1n) is 6.46. The Labute approximate surface area is 114 Å². The van der Waals surface area contributed by atoms with Crippen LogP contribution in [0.25, 0.3) is 0 Å². The summed E-state index contributed by atoms with van der Waals surface area (Å²) >= 11 is 0. The van der Waals surface area contributed by atoms with Gasteiger partial charge in [-0.25, -0.2) is 0 Å². The third-order valence-electron chi connectivity index (χ3n) is 4.50. The van der Waals surface area contributed by atoms with Crippen molar-refractivity contribution in [1.82, 2.24) is 0 Å². The molecule has 19 heavy (non-hydrogen) atoms. The molecule has 0 aromatic rings. The van der Waals surface area contributed by atoms with Gasteiger partial charge in [-0.1, -0.05) is 0 Å². The number of ketones is 1. The number of carbonyl (C=O) groups is 1. The minimum atomic E-state index is -4.14. The summed E-state index contributed by atoms with van der Waals surface area (Å²) in [5.74, 6) is -0.105. The second kappa shape index (κ2) is 4.45. The summed E-state index contributed by atoms with van der Waals surface area (Å²) in [4.78, 5) is 12.2. The van der Waals surface area contributed by atoms with Crippen LogP contribution in [0.2, 0.25) is 0 Å². The molecule has 1 spiro atoms. The van der Waals surface area contributed by atoms with Crippen molar-refractivity contribution < 1.29 is 27.4 Å². The number of Topliss-reactive ketones (excluding diaryl/α,β-unsaturated/α-hetero) is 1. The first-order chi connectivity index (χ1) is 8.81. The maximum absolute atomic E-state index is 12.2. The van der Waals surface area contributed by atoms with Crippen molar-refractivity contribution in [3.05, 3.63) is 0 Å². The average molecular weight is 294 g/mol. The molecule has 0 radical (unpaired) electrons. The van der Waals surface area contributed by atoms with Gasteiger partial charge in [-0.2, -0.15) is 0 Å². The molecule has 2 fully saturated rings. The van der Waals surface area contributed by atoms with Crippen LogP contribution in [0.5, 0.6) is 0 Å². The van der Waals surface area contributed by atoms with Gasteiger partial charge < -0.3 is 0 Å². The van der Waals surface area contributed by atoms with E-state index in [0.717, 1.165) is 25.7 Å². The molecule has 1 aliphatic heterocycles. The Morgan fingerprint density at radius 2 is 1.53 bits per heavy atom. The molecule has 0 N–H and O–H groups in total. The van der Waals surface area contributed by atoms with Crippen molar-refractivity contribution in [2.45, 2.75) is 50.7 Å². The third kappa shape index (κ3) is 1.82. The Hall–Kier alpha value is -0.1000. The molecule has 0 aromatic heterocycles. The van der Waals surface area contributed by atoms with Crippen LogP contribution in [-0.2, 0) is 27.4 Å². The molecule has 1 atom stereocenters. The molecule has 0 aromatic carbocycles. The second-order valence-electron chi connectivity index (χ2n) is 5.27. The Kier molecular flexibility index (Phi) is 3.58. The summed E-state index contributed by atoms with van der Waals surface area (Å²) < 4.78 is 28.3. The molecule has 1 heterocycles. The molecule has 7 heteroatoms. The van der Waals surface area contributed by atoms with Crippen LogP contribution in [0.3, 0.4) is 0 Å². The quantitative estimate of drug-likeness (QED) is 0.743. The molecule has 2 rings (SSSR count). The van der Waals surface area contributed by atoms with Gasteiger partial charge >= 0.3 is 113 Å². The molecule has 6 nitrogen and oxygen atoms in total. The fourth-order valence-corrected chi connectivity index (χ4v) is 5.87. The van der Waals surface area contributed by atoms with Crippen LogP contribution in [-0.4, -0.2) is 38.3 Å². The monoisotopic (exact) mass is 294 g/mol. The first kappa shape index (κ1) is 15.3. The molecule has 2 aliphatic rings. The van der Waals surface area contributed by atoms with Gasteiger partial charge in [0.25, 0.3) is 0 Å². The molecule has 0 bridgehead atoms. The predicted octanol–water partition coefficient (Wildman–Crippen LogP) is 2.76. The van der Waals surface area contributed by atoms with Crippen molar-refractivity contribution in [2.24, 2.45) is 0 Å². The van der Waals surface area contributed by atoms with Gasteiger partial charge in [-0.3, -0.25) is 0 Å². The molecule has 112 valence electrons. The van der Waals surface area contributed by atoms with Crippen LogP contribution >= 0.6 is 7.74 Å². The van der Waals surface area contributed by atoms with Crippen LogP contribution in [0.15, 0.2) is 0 Å². The predicted molar refractivity (Wildman–Crippen MR) is 70.4 cm³/mol. The summed E-state index contributed by atoms with van der Waals surface area (Å²) in [5, 5.41) is 0. The van der Waals surface area contributed by atoms with Gasteiger partial charge in [0.15, 0.2) is 0 Å². The Balaban J connectivity index is 2.54. The second-order valence-corrected chi connectivity index (χ2v) is 8.22. The summed E-state index contributed by atoms with van der Waals surface area (Å²) in [6.07, 6.45) is 3.43. The number of hydrogen-bond donors (Lipinski definition) is 0. The van der Waals surface area contributed by atoms with E-state index >= 15 is 0 Å². The minimum absolute atomic E-state index is 0.105. The number of hydrogen-bond acceptors (Lipinski definition) is 6. The normalized spacial score (nSPS) is 37.0. The van der Waals surface area contributed by atoms with E-state index in [1.807, 2.05) is 0 Å². The van der Waals surface area contributed by atoms with Gasteiger partial charge in [0.2, 0.25) is 0 Å². The summed E-state index contributed by atoms with van der Waals surface area (Å²) in [6, 6.07) is 0. The number of carbonyl (C=O) groups excluding carboxylic acids is 1. The Morgan fingerprint density at radius 1 is 1.05 bits per heavy atom. The van der Waals surface area contributed by atoms with Crippen molar-refractivity contribution in [3.63, 3.8) is 0 Å². The van der Waals surface area contributed by atoms with Gasteiger partial charge in [0, 0.05) is 0 Å². The topological polar surface area (TPSA) is 63.2 Å². The summed E-state index contributed by atoms with van der Waals surface area (Å²) in [6.45, 7) is 3.24. The van der Waals surface area contributed by atoms with Gasteiger partial charge in [0.05, 0.1) is 0 Å². The van der Waals surface area contributed by atoms with E-state index in [1.54, 1.807) is 6.92 Å². The standard InChI is InChI=1S/C12H23O6P/c1-10(13)11(2)12(8-6-7-9-12)18-19(14-3,15-4,16-5)17-11/h6-9H2,1-5H3. The molecule has 1 saturated carbocycles. The van der Waals surface area contributed by atoms with E-state index in [1.165, 1.54) is 28.3 Å². The van der Waals surface area contributed by atoms with Crippen molar-refractivity contribution in [3.8, 4) is 0 Å². The van der Waals surface area contributed by atoms with Crippen LogP contribution < -0.4 is 0 Å². The molecule has 1 aliphatic carbocycles. The fraction of sp³-hybridized carbons (Fsp3) is 0.917. The zero-order valence-electron chi connectivity index (χ0n) is 12.2. The van der Waals surface area contributed by atoms with Crippen LogP contribution in [0, 0.1) is 0 Å². The summed E-state index contributed by atoms with van der Waals surface area (Å²) in [7, 11) is 0.104. The zero-order chi connectivity index (χ0) is 14.4.